The number of hydrogen-bond acceptors (Lipinski definition) is 3. The zero-order chi connectivity index (χ0) is 20.2. The molecule has 29 heavy (non-hydrogen) atoms. The van der Waals surface area contributed by atoms with Gasteiger partial charge >= 0.3 is 6.09 Å². The van der Waals surface area contributed by atoms with Crippen molar-refractivity contribution in [2.24, 2.45) is 0 Å². The van der Waals surface area contributed by atoms with Crippen molar-refractivity contribution < 1.29 is 13.9 Å². The Kier molecular flexibility index (Phi) is 5.38. The van der Waals surface area contributed by atoms with Gasteiger partial charge in [-0.05, 0) is 40.8 Å². The van der Waals surface area contributed by atoms with Gasteiger partial charge in [0.2, 0.25) is 5.95 Å². The van der Waals surface area contributed by atoms with E-state index in [9.17, 15) is 9.18 Å². The quantitative estimate of drug-likeness (QED) is 0.620. The van der Waals surface area contributed by atoms with Gasteiger partial charge in [0.1, 0.15) is 6.61 Å². The van der Waals surface area contributed by atoms with E-state index in [0.717, 1.165) is 5.56 Å². The molecule has 4 nitrogen and oxygen atoms in total. The molecule has 0 fully saturated rings. The highest BCUT2D eigenvalue weighted by Crippen LogP contribution is 2.44. The molecule has 1 N–H and O–H groups in total. The maximum Gasteiger partial charge on any atom is 0.407 e. The van der Waals surface area contributed by atoms with Crippen LogP contribution in [-0.4, -0.2) is 24.2 Å². The lowest BCUT2D eigenvalue weighted by molar-refractivity contribution is 0.144. The lowest BCUT2D eigenvalue weighted by atomic mass is 9.98. The second kappa shape index (κ2) is 8.27. The van der Waals surface area contributed by atoms with Gasteiger partial charge in [0.05, 0.1) is 0 Å². The van der Waals surface area contributed by atoms with E-state index >= 15 is 0 Å². The summed E-state index contributed by atoms with van der Waals surface area (Å²) in [4.78, 5) is 15.8. The standard InChI is InChI=1S/C24H21FN2O2/c1-16-13-17(23(25)27-14-16)7-6-12-26-24(28)29-15-22-20-10-4-2-8-18(20)19-9-3-5-11-21(19)22/h2-11,13-14,22H,12,15H2,1H3,(H,26,28). The average molecular weight is 388 g/mol. The van der Waals surface area contributed by atoms with E-state index in [4.69, 9.17) is 4.74 Å². The molecule has 1 amide bonds. The maximum absolute atomic E-state index is 13.6. The van der Waals surface area contributed by atoms with Crippen LogP contribution in [0.5, 0.6) is 0 Å². The molecule has 3 aromatic rings. The van der Waals surface area contributed by atoms with Crippen molar-refractivity contribution in [1.29, 1.82) is 0 Å². The number of carbonyl (C=O) groups is 1. The number of carbonyl (C=O) groups excluding carboxylic acids is 1. The first kappa shape index (κ1) is 18.9. The number of fused-ring (bicyclic) bond motifs is 3. The summed E-state index contributed by atoms with van der Waals surface area (Å²) in [6.07, 6.45) is 4.24. The first-order valence-corrected chi connectivity index (χ1v) is 9.51. The lowest BCUT2D eigenvalue weighted by Gasteiger charge is -2.14. The van der Waals surface area contributed by atoms with Crippen LogP contribution in [0.25, 0.3) is 17.2 Å². The van der Waals surface area contributed by atoms with Gasteiger partial charge in [0.15, 0.2) is 0 Å². The molecule has 0 spiro atoms. The predicted octanol–water partition coefficient (Wildman–Crippen LogP) is 5.08. The van der Waals surface area contributed by atoms with Crippen LogP contribution in [0, 0.1) is 12.9 Å². The van der Waals surface area contributed by atoms with Crippen LogP contribution in [0.3, 0.4) is 0 Å². The van der Waals surface area contributed by atoms with Crippen LogP contribution in [0.15, 0.2) is 66.9 Å². The Hall–Kier alpha value is -3.47. The highest BCUT2D eigenvalue weighted by molar-refractivity contribution is 5.79. The smallest absolute Gasteiger partial charge is 0.407 e. The number of aryl methyl sites for hydroxylation is 1. The molecule has 0 aliphatic heterocycles. The van der Waals surface area contributed by atoms with E-state index in [1.165, 1.54) is 28.5 Å². The fourth-order valence-electron chi connectivity index (χ4n) is 3.67. The van der Waals surface area contributed by atoms with Gasteiger partial charge < -0.3 is 10.1 Å². The zero-order valence-electron chi connectivity index (χ0n) is 16.1. The van der Waals surface area contributed by atoms with Crippen molar-refractivity contribution in [3.8, 4) is 11.1 Å². The average Bonchev–Trinajstić information content (AvgIpc) is 3.06. The van der Waals surface area contributed by atoms with Crippen LogP contribution >= 0.6 is 0 Å². The largest absolute Gasteiger partial charge is 0.449 e. The van der Waals surface area contributed by atoms with E-state index in [0.29, 0.717) is 5.56 Å². The molecule has 4 rings (SSSR count). The monoisotopic (exact) mass is 388 g/mol. The summed E-state index contributed by atoms with van der Waals surface area (Å²) in [5, 5.41) is 2.67. The fraction of sp³-hybridized carbons (Fsp3) is 0.167. The number of ether oxygens (including phenoxy) is 1. The van der Waals surface area contributed by atoms with Crippen LogP contribution < -0.4 is 5.32 Å². The summed E-state index contributed by atoms with van der Waals surface area (Å²) in [6.45, 7) is 2.35. The van der Waals surface area contributed by atoms with Crippen molar-refractivity contribution in [2.45, 2.75) is 12.8 Å². The SMILES string of the molecule is Cc1cnc(F)c(C=CCNC(=O)OCC2c3ccccc3-c3ccccc32)c1. The number of nitrogens with one attached hydrogen (secondary N) is 1. The molecule has 0 atom stereocenters. The molecule has 146 valence electrons. The molecule has 2 aromatic carbocycles. The molecule has 1 aromatic heterocycles. The minimum absolute atomic E-state index is 0.0242. The number of benzene rings is 2. The summed E-state index contributed by atoms with van der Waals surface area (Å²) in [5.41, 5.74) is 5.98. The third kappa shape index (κ3) is 4.04. The number of halogens is 1. The third-order valence-corrected chi connectivity index (χ3v) is 5.01. The summed E-state index contributed by atoms with van der Waals surface area (Å²) in [6, 6.07) is 18.1. The van der Waals surface area contributed by atoms with E-state index in [1.54, 1.807) is 18.2 Å². The van der Waals surface area contributed by atoms with Crippen molar-refractivity contribution >= 4 is 12.2 Å². The number of nitrogens with zero attached hydrogens (tertiary/aromatic N) is 1. The van der Waals surface area contributed by atoms with E-state index in [2.05, 4.69) is 34.6 Å². The van der Waals surface area contributed by atoms with Crippen LogP contribution in [0.4, 0.5) is 9.18 Å². The molecule has 0 saturated carbocycles. The molecule has 5 heteroatoms. The highest BCUT2D eigenvalue weighted by atomic mass is 19.1. The predicted molar refractivity (Wildman–Crippen MR) is 111 cm³/mol. The number of alkyl carbamates (subject to hydrolysis) is 1. The van der Waals surface area contributed by atoms with Gasteiger partial charge in [0, 0.05) is 24.2 Å². The van der Waals surface area contributed by atoms with Gasteiger partial charge in [-0.2, -0.15) is 4.39 Å². The Morgan fingerprint density at radius 1 is 1.14 bits per heavy atom. The van der Waals surface area contributed by atoms with Gasteiger partial charge in [-0.3, -0.25) is 0 Å². The summed E-state index contributed by atoms with van der Waals surface area (Å²) in [5.74, 6) is -0.510. The Labute approximate surface area is 169 Å². The highest BCUT2D eigenvalue weighted by Gasteiger charge is 2.28. The number of rotatable bonds is 5. The number of pyridine rings is 1. The Morgan fingerprint density at radius 2 is 1.79 bits per heavy atom. The fourth-order valence-corrected chi connectivity index (χ4v) is 3.67. The second-order valence-electron chi connectivity index (χ2n) is 7.00. The van der Waals surface area contributed by atoms with Crippen molar-refractivity contribution in [1.82, 2.24) is 10.3 Å². The summed E-state index contributed by atoms with van der Waals surface area (Å²) < 4.78 is 19.1. The molecular weight excluding hydrogens is 367 g/mol. The zero-order valence-corrected chi connectivity index (χ0v) is 16.1. The molecule has 1 aliphatic carbocycles. The molecular formula is C24H21FN2O2. The van der Waals surface area contributed by atoms with E-state index in [-0.39, 0.29) is 19.1 Å². The first-order chi connectivity index (χ1) is 14.1. The lowest BCUT2D eigenvalue weighted by Crippen LogP contribution is -2.26. The summed E-state index contributed by atoms with van der Waals surface area (Å²) in [7, 11) is 0. The maximum atomic E-state index is 13.6. The van der Waals surface area contributed by atoms with Gasteiger partial charge in [-0.15, -0.1) is 0 Å². The Balaban J connectivity index is 1.34. The topological polar surface area (TPSA) is 51.2 Å². The van der Waals surface area contributed by atoms with Gasteiger partial charge in [0.25, 0.3) is 0 Å². The minimum atomic E-state index is -0.534. The van der Waals surface area contributed by atoms with Crippen molar-refractivity contribution in [2.75, 3.05) is 13.2 Å². The molecule has 1 heterocycles. The van der Waals surface area contributed by atoms with E-state index < -0.39 is 12.0 Å². The van der Waals surface area contributed by atoms with Crippen LogP contribution in [0.1, 0.15) is 28.2 Å². The molecule has 1 aliphatic rings. The van der Waals surface area contributed by atoms with E-state index in [1.807, 2.05) is 31.2 Å². The van der Waals surface area contributed by atoms with Gasteiger partial charge in [-0.25, -0.2) is 9.78 Å². The Morgan fingerprint density at radius 3 is 2.48 bits per heavy atom. The number of amides is 1. The van der Waals surface area contributed by atoms with Gasteiger partial charge in [-0.1, -0.05) is 60.7 Å². The molecule has 0 bridgehead atoms. The third-order valence-electron chi connectivity index (χ3n) is 5.01. The van der Waals surface area contributed by atoms with Crippen LogP contribution in [-0.2, 0) is 4.74 Å². The minimum Gasteiger partial charge on any atom is -0.449 e. The Bertz CT molecular complexity index is 1030. The second-order valence-corrected chi connectivity index (χ2v) is 7.00. The molecule has 0 saturated heterocycles. The number of hydrogen-bond donors (Lipinski definition) is 1. The molecule has 0 radical (unpaired) electrons. The normalized spacial score (nSPS) is 12.6. The molecule has 0 unspecified atom stereocenters. The summed E-state index contributed by atoms with van der Waals surface area (Å²) >= 11 is 0. The van der Waals surface area contributed by atoms with Crippen LogP contribution in [0.2, 0.25) is 0 Å². The number of aromatic nitrogens is 1. The van der Waals surface area contributed by atoms with Crippen molar-refractivity contribution in [3.63, 3.8) is 0 Å². The first-order valence-electron chi connectivity index (χ1n) is 9.51. The van der Waals surface area contributed by atoms with Crippen molar-refractivity contribution in [3.05, 3.63) is 95.1 Å².